The van der Waals surface area contributed by atoms with Crippen LogP contribution in [0.2, 0.25) is 0 Å². The third-order valence-electron chi connectivity index (χ3n) is 19.1. The molecule has 8 N–H and O–H groups in total. The van der Waals surface area contributed by atoms with Crippen LogP contribution in [0.25, 0.3) is 0 Å². The van der Waals surface area contributed by atoms with Gasteiger partial charge in [-0.2, -0.15) is 5.26 Å². The zero-order valence-corrected chi connectivity index (χ0v) is 76.1. The van der Waals surface area contributed by atoms with E-state index in [-0.39, 0.29) is 142 Å². The Morgan fingerprint density at radius 1 is 0.441 bits per heavy atom. The predicted octanol–water partition coefficient (Wildman–Crippen LogP) is -0.997. The molecule has 7 amide bonds. The number of aliphatic hydroxyl groups is 1. The maximum atomic E-state index is 14.8. The largest absolute Gasteiger partial charge is 0.463 e. The molecule has 3 heterocycles. The number of aliphatic hydroxyl groups excluding tert-OH is 1. The fourth-order valence-corrected chi connectivity index (χ4v) is 15.9. The highest BCUT2D eigenvalue weighted by atomic mass is 31.2. The molecule has 3 aliphatic heterocycles. The van der Waals surface area contributed by atoms with Gasteiger partial charge in [-0.15, -0.1) is 0 Å². The smallest absolute Gasteiger partial charge is 0.303 e. The van der Waals surface area contributed by atoms with Crippen LogP contribution in [0, 0.1) is 17.2 Å². The Morgan fingerprint density at radius 2 is 0.811 bits per heavy atom. The van der Waals surface area contributed by atoms with Crippen LogP contribution in [-0.4, -0.2) is 351 Å². The molecule has 0 aromatic carbocycles. The number of unbranched alkanes of at least 4 members (excludes halogenated alkanes) is 1. The van der Waals surface area contributed by atoms with Crippen molar-refractivity contribution in [2.75, 3.05) is 125 Å². The standard InChI is InChI=1S/C80H131N10O36P/c1-45(2)90(46(3)4)127(116-30-19-25-81)126-60-23-21-59(22-24-60)76(105)84-26-18-17-20-61(77(106)85-29-33-109-36-39-112-80-69(88-49(7)93)75(122-58(16)102)72(119-55(13)99)64(125-80)44-115-52(10)96)89(40-65(103)82-27-31-107-34-37-110-78-67(86-47(5)91)73(120-56(14)100)70(117-53(11)97)62(123-78)42-113-50(8)94)41-66(104)83-28-32-108-35-38-111-79-68(87-48(6)92)74(121-57(15)101)71(118-54(12)98)63(124-79)43-114-51(9)95/h45-46,53,59-64,67-75,78-80,97H,17-24,26-44H2,1-16H3,(H,82,103)(H,83,104)(H,84,105)(H,85,106)(H,86,91)(H,87,92)(H,88,93). The Morgan fingerprint density at radius 3 is 1.17 bits per heavy atom. The molecule has 0 radical (unpaired) electrons. The minimum absolute atomic E-state index is 0.00529. The van der Waals surface area contributed by atoms with E-state index in [0.717, 1.165) is 55.4 Å². The van der Waals surface area contributed by atoms with Crippen molar-refractivity contribution in [3.63, 3.8) is 0 Å². The molecule has 47 heteroatoms. The molecule has 18 unspecified atom stereocenters. The van der Waals surface area contributed by atoms with E-state index in [4.69, 9.17) is 94.3 Å². The van der Waals surface area contributed by atoms with Gasteiger partial charge in [0.15, 0.2) is 55.7 Å². The van der Waals surface area contributed by atoms with Crippen molar-refractivity contribution in [1.29, 1.82) is 5.26 Å². The molecule has 3 saturated heterocycles. The van der Waals surface area contributed by atoms with E-state index in [2.05, 4.69) is 48.0 Å². The van der Waals surface area contributed by atoms with Gasteiger partial charge >= 0.3 is 47.8 Å². The van der Waals surface area contributed by atoms with Gasteiger partial charge in [0.05, 0.1) is 104 Å². The molecule has 0 aromatic heterocycles. The predicted molar refractivity (Wildman–Crippen MR) is 437 cm³/mol. The van der Waals surface area contributed by atoms with Gasteiger partial charge in [0, 0.05) is 120 Å². The molecular formula is C80H131N10O36P. The number of carbonyl (C=O) groups is 15. The van der Waals surface area contributed by atoms with Crippen LogP contribution >= 0.6 is 8.53 Å². The van der Waals surface area contributed by atoms with Gasteiger partial charge in [-0.25, -0.2) is 4.67 Å². The number of hydrogen-bond acceptors (Lipinski definition) is 39. The quantitative estimate of drug-likeness (QED) is 0.0119. The van der Waals surface area contributed by atoms with Crippen LogP contribution in [0.5, 0.6) is 0 Å². The maximum Gasteiger partial charge on any atom is 0.303 e. The highest BCUT2D eigenvalue weighted by Crippen LogP contribution is 2.49. The number of ether oxygens (including phenoxy) is 18. The molecule has 0 aromatic rings. The lowest BCUT2D eigenvalue weighted by Crippen LogP contribution is -2.66. The van der Waals surface area contributed by atoms with Crippen LogP contribution in [0.1, 0.15) is 162 Å². The van der Waals surface area contributed by atoms with E-state index >= 15 is 0 Å². The Bertz CT molecular complexity index is 3530. The molecule has 127 heavy (non-hydrogen) atoms. The monoisotopic (exact) mass is 1840 g/mol. The molecule has 0 bridgehead atoms. The van der Waals surface area contributed by atoms with Crippen LogP contribution in [0.4, 0.5) is 0 Å². The lowest BCUT2D eigenvalue weighted by molar-refractivity contribution is -0.300. The van der Waals surface area contributed by atoms with Crippen LogP contribution in [-0.2, 0) is 166 Å². The minimum atomic E-state index is -1.51. The summed E-state index contributed by atoms with van der Waals surface area (Å²) in [7, 11) is -1.51. The summed E-state index contributed by atoms with van der Waals surface area (Å²) in [6.07, 6.45) is -14.8. The Kier molecular flexibility index (Phi) is 51.9. The lowest BCUT2D eigenvalue weighted by Gasteiger charge is -2.45. The summed E-state index contributed by atoms with van der Waals surface area (Å²) in [5, 5.41) is 38.6. The van der Waals surface area contributed by atoms with Crippen molar-refractivity contribution in [3.8, 4) is 6.07 Å². The Hall–Kier alpha value is -8.63. The first-order valence-corrected chi connectivity index (χ1v) is 43.4. The number of esters is 8. The van der Waals surface area contributed by atoms with E-state index in [1.165, 1.54) is 32.6 Å². The fraction of sp³-hybridized carbons (Fsp3) is 0.800. The second-order valence-electron chi connectivity index (χ2n) is 30.6. The van der Waals surface area contributed by atoms with Crippen LogP contribution in [0.3, 0.4) is 0 Å². The number of rotatable bonds is 57. The van der Waals surface area contributed by atoms with Crippen molar-refractivity contribution in [1.82, 2.24) is 46.8 Å². The van der Waals surface area contributed by atoms with Gasteiger partial charge in [0.25, 0.3) is 8.53 Å². The lowest BCUT2D eigenvalue weighted by atomic mass is 9.87. The van der Waals surface area contributed by atoms with Gasteiger partial charge in [-0.05, 0) is 79.6 Å². The normalized spacial score (nSPS) is 24.7. The summed E-state index contributed by atoms with van der Waals surface area (Å²) in [6.45, 7) is 17.4. The van der Waals surface area contributed by atoms with Crippen LogP contribution in [0.15, 0.2) is 0 Å². The third-order valence-corrected chi connectivity index (χ3v) is 21.2. The minimum Gasteiger partial charge on any atom is -0.463 e. The van der Waals surface area contributed by atoms with Gasteiger partial charge in [-0.3, -0.25) is 76.8 Å². The van der Waals surface area contributed by atoms with Crippen molar-refractivity contribution < 1.29 is 171 Å². The zero-order valence-electron chi connectivity index (χ0n) is 75.2. The topological polar surface area (TPSA) is 575 Å². The van der Waals surface area contributed by atoms with Crippen molar-refractivity contribution >= 4 is 97.6 Å². The van der Waals surface area contributed by atoms with Gasteiger partial charge < -0.3 is 137 Å². The summed E-state index contributed by atoms with van der Waals surface area (Å²) >= 11 is 0. The highest BCUT2D eigenvalue weighted by molar-refractivity contribution is 7.44. The average molecular weight is 1840 g/mol. The van der Waals surface area contributed by atoms with Crippen molar-refractivity contribution in [2.24, 2.45) is 5.92 Å². The van der Waals surface area contributed by atoms with Crippen molar-refractivity contribution in [3.05, 3.63) is 0 Å². The second kappa shape index (κ2) is 59.6. The van der Waals surface area contributed by atoms with Crippen LogP contribution < -0.4 is 37.2 Å². The summed E-state index contributed by atoms with van der Waals surface area (Å²) < 4.78 is 117. The van der Waals surface area contributed by atoms with E-state index < -0.39 is 229 Å². The Balaban J connectivity index is 1.60. The second-order valence-corrected chi connectivity index (χ2v) is 32.0. The van der Waals surface area contributed by atoms with E-state index in [1.807, 2.05) is 27.7 Å². The Labute approximate surface area is 740 Å². The molecule has 18 atom stereocenters. The average Bonchev–Trinajstić information content (AvgIpc) is 0.794. The molecule has 4 rings (SSSR count). The first-order valence-electron chi connectivity index (χ1n) is 42.2. The maximum absolute atomic E-state index is 14.8. The number of nitriles is 1. The molecule has 1 aliphatic carbocycles. The summed E-state index contributed by atoms with van der Waals surface area (Å²) in [4.78, 5) is 194. The number of hydrogen-bond donors (Lipinski definition) is 8. The molecule has 722 valence electrons. The van der Waals surface area contributed by atoms with Gasteiger partial charge in [0.1, 0.15) is 62.4 Å². The molecule has 0 spiro atoms. The molecule has 1 saturated carbocycles. The number of nitrogens with one attached hydrogen (secondary N) is 7. The number of amides is 7. The van der Waals surface area contributed by atoms with Gasteiger partial charge in [-0.1, -0.05) is 0 Å². The number of carbonyl (C=O) groups excluding carboxylic acids is 15. The fourth-order valence-electron chi connectivity index (χ4n) is 14.1. The molecule has 4 fully saturated rings. The molecule has 4 aliphatic rings. The molecular weight excluding hydrogens is 1710 g/mol. The molecule has 46 nitrogen and oxygen atoms in total. The SMILES string of the molecule is CC(=O)NC1C(OCCOCCNC(=O)CN(CC(=O)NCCOCCOC2OC(COC(C)=O)C(OC(C)O)C(OC(C)=O)C2NC(C)=O)C(CCCCNC(=O)C2CCC(OP(OCCC#N)N(C(C)C)C(C)C)CC2)C(=O)NCCOCCOC2OC(COC(C)=O)C(OC(C)=O)C(OC(C)=O)C2NC(C)=O)OC(COC(C)=O)C(OC(C)=O)C1OC(C)=O. The zero-order chi connectivity index (χ0) is 94.4. The number of nitrogens with zero attached hydrogens (tertiary/aromatic N) is 3. The summed E-state index contributed by atoms with van der Waals surface area (Å²) in [5.74, 6) is -10.6. The van der Waals surface area contributed by atoms with E-state index in [0.29, 0.717) is 32.1 Å². The highest BCUT2D eigenvalue weighted by Gasteiger charge is 2.55. The summed E-state index contributed by atoms with van der Waals surface area (Å²) in [5.41, 5.74) is 0. The van der Waals surface area contributed by atoms with E-state index in [9.17, 15) is 82.3 Å². The van der Waals surface area contributed by atoms with E-state index in [1.54, 1.807) is 0 Å². The van der Waals surface area contributed by atoms with Gasteiger partial charge in [0.2, 0.25) is 41.4 Å². The third kappa shape index (κ3) is 42.7. The first-order chi connectivity index (χ1) is 60.2. The van der Waals surface area contributed by atoms with Crippen molar-refractivity contribution in [2.45, 2.75) is 285 Å². The summed E-state index contributed by atoms with van der Waals surface area (Å²) in [6, 6.07) is -2.77. The first kappa shape index (κ1) is 111.